The summed E-state index contributed by atoms with van der Waals surface area (Å²) in [6.45, 7) is 6.24. The van der Waals surface area contributed by atoms with Gasteiger partial charge in [-0.2, -0.15) is 0 Å². The number of hydrogen-bond acceptors (Lipinski definition) is 0. The quantitative estimate of drug-likeness (QED) is 0.447. The monoisotopic (exact) mass is 136 g/mol. The van der Waals surface area contributed by atoms with Crippen molar-refractivity contribution in [2.45, 2.75) is 39.0 Å². The summed E-state index contributed by atoms with van der Waals surface area (Å²) < 4.78 is 0. The van der Waals surface area contributed by atoms with Crippen LogP contribution in [0.4, 0.5) is 0 Å². The van der Waals surface area contributed by atoms with Gasteiger partial charge in [0, 0.05) is 0 Å². The van der Waals surface area contributed by atoms with Gasteiger partial charge in [0.1, 0.15) is 0 Å². The average Bonchev–Trinajstić information content (AvgIpc) is 1.90. The summed E-state index contributed by atoms with van der Waals surface area (Å²) in [7, 11) is 0. The highest BCUT2D eigenvalue weighted by atomic mass is 14.1. The highest BCUT2D eigenvalue weighted by Crippen LogP contribution is 2.19. The van der Waals surface area contributed by atoms with Gasteiger partial charge in [-0.15, -0.1) is 0 Å². The summed E-state index contributed by atoms with van der Waals surface area (Å²) in [5, 5.41) is 0. The van der Waals surface area contributed by atoms with Gasteiger partial charge in [0.15, 0.2) is 0 Å². The molecule has 0 bridgehead atoms. The Balaban J connectivity index is 2.46. The molecule has 10 heavy (non-hydrogen) atoms. The van der Waals surface area contributed by atoms with Crippen molar-refractivity contribution in [2.24, 2.45) is 0 Å². The van der Waals surface area contributed by atoms with Gasteiger partial charge in [0.25, 0.3) is 0 Å². The first-order valence-corrected chi connectivity index (χ1v) is 4.11. The van der Waals surface area contributed by atoms with Gasteiger partial charge in [-0.3, -0.25) is 0 Å². The second-order valence-corrected chi connectivity index (χ2v) is 3.19. The van der Waals surface area contributed by atoms with Gasteiger partial charge >= 0.3 is 0 Å². The molecule has 0 N–H and O–H groups in total. The lowest BCUT2D eigenvalue weighted by Crippen LogP contribution is -1.89. The minimum absolute atomic E-state index is 1.21. The largest absolute Gasteiger partial charge is 0.0999 e. The molecule has 0 unspecified atom stereocenters. The molecule has 0 saturated carbocycles. The summed E-state index contributed by atoms with van der Waals surface area (Å²) in [6, 6.07) is 0. The Morgan fingerprint density at radius 1 is 1.30 bits per heavy atom. The Morgan fingerprint density at radius 3 is 2.90 bits per heavy atom. The summed E-state index contributed by atoms with van der Waals surface area (Å²) in [4.78, 5) is 0. The molecule has 1 aliphatic carbocycles. The van der Waals surface area contributed by atoms with Gasteiger partial charge in [0.2, 0.25) is 0 Å². The van der Waals surface area contributed by atoms with Gasteiger partial charge < -0.3 is 0 Å². The maximum absolute atomic E-state index is 4.02. The van der Waals surface area contributed by atoms with E-state index in [2.05, 4.69) is 19.6 Å². The van der Waals surface area contributed by atoms with Crippen LogP contribution in [0.2, 0.25) is 0 Å². The van der Waals surface area contributed by atoms with Crippen molar-refractivity contribution in [1.82, 2.24) is 0 Å². The minimum Gasteiger partial charge on any atom is -0.0999 e. The van der Waals surface area contributed by atoms with Crippen molar-refractivity contribution in [3.05, 3.63) is 23.8 Å². The first-order chi connectivity index (χ1) is 4.79. The lowest BCUT2D eigenvalue weighted by Gasteiger charge is -2.09. The number of rotatable bonds is 0. The van der Waals surface area contributed by atoms with E-state index in [4.69, 9.17) is 0 Å². The maximum atomic E-state index is 4.02. The Morgan fingerprint density at radius 2 is 2.10 bits per heavy atom. The molecule has 0 saturated heterocycles. The van der Waals surface area contributed by atoms with Crippen LogP contribution in [0.1, 0.15) is 39.0 Å². The first kappa shape index (κ1) is 7.59. The molecule has 1 rings (SSSR count). The Hall–Kier alpha value is -0.520. The molecular formula is C10H16. The molecular weight excluding hydrogens is 120 g/mol. The number of hydrogen-bond donors (Lipinski definition) is 0. The van der Waals surface area contributed by atoms with Crippen LogP contribution in [0.5, 0.6) is 0 Å². The fourth-order valence-corrected chi connectivity index (χ4v) is 1.30. The van der Waals surface area contributed by atoms with Gasteiger partial charge in [-0.1, -0.05) is 23.8 Å². The molecule has 0 radical (unpaired) electrons. The van der Waals surface area contributed by atoms with Crippen LogP contribution in [0.3, 0.4) is 0 Å². The topological polar surface area (TPSA) is 0 Å². The predicted octanol–water partition coefficient (Wildman–Crippen LogP) is 3.45. The van der Waals surface area contributed by atoms with E-state index in [-0.39, 0.29) is 0 Å². The van der Waals surface area contributed by atoms with E-state index >= 15 is 0 Å². The molecule has 0 aromatic carbocycles. The van der Waals surface area contributed by atoms with Crippen LogP contribution >= 0.6 is 0 Å². The molecule has 56 valence electrons. The molecule has 0 heteroatoms. The van der Waals surface area contributed by atoms with Crippen molar-refractivity contribution < 1.29 is 0 Å². The van der Waals surface area contributed by atoms with Crippen molar-refractivity contribution >= 4 is 0 Å². The van der Waals surface area contributed by atoms with E-state index < -0.39 is 0 Å². The van der Waals surface area contributed by atoms with E-state index in [0.717, 1.165) is 0 Å². The Bertz CT molecular complexity index is 151. The minimum atomic E-state index is 1.21. The van der Waals surface area contributed by atoms with Crippen LogP contribution in [0.25, 0.3) is 0 Å². The Labute approximate surface area is 63.6 Å². The van der Waals surface area contributed by atoms with Crippen molar-refractivity contribution in [2.75, 3.05) is 0 Å². The zero-order valence-corrected chi connectivity index (χ0v) is 6.82. The molecule has 0 aromatic rings. The normalized spacial score (nSPS) is 21.3. The lowest BCUT2D eigenvalue weighted by atomic mass is 9.98. The first-order valence-electron chi connectivity index (χ1n) is 4.11. The second kappa shape index (κ2) is 3.60. The van der Waals surface area contributed by atoms with Crippen LogP contribution in [-0.2, 0) is 0 Å². The summed E-state index contributed by atoms with van der Waals surface area (Å²) in [6.07, 6.45) is 8.61. The molecule has 0 heterocycles. The van der Waals surface area contributed by atoms with Crippen molar-refractivity contribution in [3.63, 3.8) is 0 Å². The zero-order valence-electron chi connectivity index (χ0n) is 6.82. The number of allylic oxidation sites excluding steroid dienone is 3. The highest BCUT2D eigenvalue weighted by molar-refractivity contribution is 5.06. The smallest absolute Gasteiger partial charge is 0.0286 e. The predicted molar refractivity (Wildman–Crippen MR) is 46.0 cm³/mol. The average molecular weight is 136 g/mol. The summed E-state index contributed by atoms with van der Waals surface area (Å²) in [5.41, 5.74) is 2.98. The third kappa shape index (κ3) is 2.38. The van der Waals surface area contributed by atoms with E-state index in [1.807, 2.05) is 0 Å². The third-order valence-corrected chi connectivity index (χ3v) is 2.10. The summed E-state index contributed by atoms with van der Waals surface area (Å²) >= 11 is 0. The second-order valence-electron chi connectivity index (χ2n) is 3.19. The van der Waals surface area contributed by atoms with Gasteiger partial charge in [-0.25, -0.2) is 0 Å². The molecule has 0 aliphatic heterocycles. The van der Waals surface area contributed by atoms with E-state index in [1.165, 1.54) is 37.7 Å². The third-order valence-electron chi connectivity index (χ3n) is 2.10. The maximum Gasteiger partial charge on any atom is -0.0286 e. The molecule has 0 aromatic heterocycles. The SMILES string of the molecule is C=C1CCCC=C(C)CC1. The van der Waals surface area contributed by atoms with Gasteiger partial charge in [0.05, 0.1) is 0 Å². The highest BCUT2D eigenvalue weighted by Gasteiger charge is 1.99. The van der Waals surface area contributed by atoms with Crippen LogP contribution in [0, 0.1) is 0 Å². The Kier molecular flexibility index (Phi) is 2.73. The lowest BCUT2D eigenvalue weighted by molar-refractivity contribution is 0.749. The molecule has 1 aliphatic rings. The van der Waals surface area contributed by atoms with Crippen LogP contribution in [0.15, 0.2) is 23.8 Å². The molecule has 0 nitrogen and oxygen atoms in total. The van der Waals surface area contributed by atoms with E-state index in [1.54, 1.807) is 5.57 Å². The van der Waals surface area contributed by atoms with Crippen LogP contribution in [-0.4, -0.2) is 0 Å². The van der Waals surface area contributed by atoms with Crippen molar-refractivity contribution in [1.29, 1.82) is 0 Å². The molecule has 0 atom stereocenters. The molecule has 0 spiro atoms. The fraction of sp³-hybridized carbons (Fsp3) is 0.600. The fourth-order valence-electron chi connectivity index (χ4n) is 1.30. The summed E-state index contributed by atoms with van der Waals surface area (Å²) in [5.74, 6) is 0. The zero-order chi connectivity index (χ0) is 7.40. The standard InChI is InChI=1S/C10H16/c1-9-5-3-4-6-10(2)8-7-9/h6H,1,3-5,7-8H2,2H3. The molecule has 0 fully saturated rings. The van der Waals surface area contributed by atoms with Gasteiger partial charge in [-0.05, 0) is 39.0 Å². The van der Waals surface area contributed by atoms with E-state index in [9.17, 15) is 0 Å². The van der Waals surface area contributed by atoms with E-state index in [0.29, 0.717) is 0 Å². The van der Waals surface area contributed by atoms with Crippen molar-refractivity contribution in [3.8, 4) is 0 Å². The van der Waals surface area contributed by atoms with Crippen LogP contribution < -0.4 is 0 Å². The molecule has 0 amide bonds.